The number of hydrogen-bond acceptors (Lipinski definition) is 4. The van der Waals surface area contributed by atoms with E-state index in [-0.39, 0.29) is 22.2 Å². The van der Waals surface area contributed by atoms with Crippen molar-refractivity contribution in [3.63, 3.8) is 0 Å². The minimum Gasteiger partial charge on any atom is -0.354 e. The van der Waals surface area contributed by atoms with Crippen LogP contribution in [0.3, 0.4) is 0 Å². The number of carbonyl (C=O) groups excluding carboxylic acids is 2. The van der Waals surface area contributed by atoms with Crippen molar-refractivity contribution in [2.24, 2.45) is 0 Å². The molecule has 0 unspecified atom stereocenters. The Morgan fingerprint density at radius 2 is 1.67 bits per heavy atom. The molecule has 1 atom stereocenters. The summed E-state index contributed by atoms with van der Waals surface area (Å²) in [5.74, 6) is -1.94. The number of nitrogens with one attached hydrogen (secondary N) is 1. The summed E-state index contributed by atoms with van der Waals surface area (Å²) < 4.78 is 43.1. The SMILES string of the molecule is CCCNC(=O)[C@@H](C)N(Cc1ccc(Cl)c(Cl)c1)C(=O)CN(c1ccccc1F)S(=O)(=O)c1ccc(C)cc1. The first-order chi connectivity index (χ1) is 18.4. The van der Waals surface area contributed by atoms with Crippen molar-refractivity contribution in [2.45, 2.75) is 44.7 Å². The van der Waals surface area contributed by atoms with Crippen molar-refractivity contribution in [3.05, 3.63) is 93.7 Å². The van der Waals surface area contributed by atoms with E-state index in [0.717, 1.165) is 15.9 Å². The topological polar surface area (TPSA) is 86.8 Å². The summed E-state index contributed by atoms with van der Waals surface area (Å²) in [6, 6.07) is 15.2. The van der Waals surface area contributed by atoms with Crippen molar-refractivity contribution >= 4 is 50.7 Å². The van der Waals surface area contributed by atoms with Crippen LogP contribution in [0.1, 0.15) is 31.4 Å². The van der Waals surface area contributed by atoms with Crippen molar-refractivity contribution < 1.29 is 22.4 Å². The van der Waals surface area contributed by atoms with Gasteiger partial charge in [-0.2, -0.15) is 0 Å². The molecule has 0 fully saturated rings. The number of halogens is 3. The van der Waals surface area contributed by atoms with Crippen molar-refractivity contribution in [2.75, 3.05) is 17.4 Å². The fourth-order valence-corrected chi connectivity index (χ4v) is 5.56. The lowest BCUT2D eigenvalue weighted by Gasteiger charge is -2.32. The number of nitrogens with zero attached hydrogens (tertiary/aromatic N) is 2. The average molecular weight is 595 g/mol. The number of benzene rings is 3. The second-order valence-corrected chi connectivity index (χ2v) is 11.7. The van der Waals surface area contributed by atoms with Gasteiger partial charge in [-0.05, 0) is 62.2 Å². The molecule has 0 aliphatic heterocycles. The summed E-state index contributed by atoms with van der Waals surface area (Å²) in [5, 5.41) is 3.34. The van der Waals surface area contributed by atoms with Gasteiger partial charge < -0.3 is 10.2 Å². The number of carbonyl (C=O) groups is 2. The Kier molecular flexibility index (Phi) is 10.4. The summed E-state index contributed by atoms with van der Waals surface area (Å²) in [4.78, 5) is 27.8. The highest BCUT2D eigenvalue weighted by molar-refractivity contribution is 7.92. The first-order valence-corrected chi connectivity index (χ1v) is 14.5. The number of amides is 2. The maximum absolute atomic E-state index is 14.9. The lowest BCUT2D eigenvalue weighted by atomic mass is 10.1. The summed E-state index contributed by atoms with van der Waals surface area (Å²) in [5.41, 5.74) is 1.12. The van der Waals surface area contributed by atoms with Gasteiger partial charge in [-0.3, -0.25) is 13.9 Å². The van der Waals surface area contributed by atoms with Gasteiger partial charge >= 0.3 is 0 Å². The molecule has 0 heterocycles. The smallest absolute Gasteiger partial charge is 0.264 e. The lowest BCUT2D eigenvalue weighted by molar-refractivity contribution is -0.139. The molecule has 3 aromatic rings. The second-order valence-electron chi connectivity index (χ2n) is 9.01. The molecule has 3 rings (SSSR count). The number of para-hydroxylation sites is 1. The minimum absolute atomic E-state index is 0.0634. The Balaban J connectivity index is 2.04. The van der Waals surface area contributed by atoms with Gasteiger partial charge in [0.25, 0.3) is 10.0 Å². The fourth-order valence-electron chi connectivity index (χ4n) is 3.82. The quantitative estimate of drug-likeness (QED) is 0.314. The minimum atomic E-state index is -4.36. The van der Waals surface area contributed by atoms with Crippen LogP contribution in [0.4, 0.5) is 10.1 Å². The Morgan fingerprint density at radius 3 is 2.28 bits per heavy atom. The van der Waals surface area contributed by atoms with Crippen LogP contribution in [-0.4, -0.2) is 44.3 Å². The lowest BCUT2D eigenvalue weighted by Crippen LogP contribution is -2.51. The van der Waals surface area contributed by atoms with Crippen LogP contribution in [0.25, 0.3) is 0 Å². The molecule has 208 valence electrons. The standard InChI is InChI=1S/C28H30Cl2FN3O4S/c1-4-15-32-28(36)20(3)33(17-21-11-14-23(29)24(30)16-21)27(35)18-34(26-8-6-5-7-25(26)31)39(37,38)22-12-9-19(2)10-13-22/h5-14,16,20H,4,15,17-18H2,1-3H3,(H,32,36)/t20-/m1/s1. The number of aryl methyl sites for hydroxylation is 1. The Bertz CT molecular complexity index is 1430. The van der Waals surface area contributed by atoms with E-state index in [0.29, 0.717) is 23.6 Å². The van der Waals surface area contributed by atoms with Gasteiger partial charge in [0.05, 0.1) is 20.6 Å². The molecular formula is C28H30Cl2FN3O4S. The van der Waals surface area contributed by atoms with Gasteiger partial charge in [0.1, 0.15) is 18.4 Å². The van der Waals surface area contributed by atoms with Crippen LogP contribution in [0.15, 0.2) is 71.6 Å². The molecule has 11 heteroatoms. The molecule has 0 saturated heterocycles. The van der Waals surface area contributed by atoms with E-state index in [1.54, 1.807) is 44.2 Å². The van der Waals surface area contributed by atoms with E-state index < -0.39 is 40.2 Å². The van der Waals surface area contributed by atoms with Gasteiger partial charge in [-0.15, -0.1) is 0 Å². The first kappa shape index (κ1) is 30.4. The molecule has 3 aromatic carbocycles. The monoisotopic (exact) mass is 593 g/mol. The van der Waals surface area contributed by atoms with E-state index in [4.69, 9.17) is 23.2 Å². The van der Waals surface area contributed by atoms with Gasteiger partial charge in [0.2, 0.25) is 11.8 Å². The van der Waals surface area contributed by atoms with E-state index >= 15 is 0 Å². The predicted octanol–water partition coefficient (Wildman–Crippen LogP) is 5.58. The van der Waals surface area contributed by atoms with Crippen molar-refractivity contribution in [1.82, 2.24) is 10.2 Å². The molecule has 0 aromatic heterocycles. The summed E-state index contributed by atoms with van der Waals surface area (Å²) >= 11 is 12.2. The van der Waals surface area contributed by atoms with E-state index in [2.05, 4.69) is 5.32 Å². The van der Waals surface area contributed by atoms with E-state index in [1.165, 1.54) is 35.2 Å². The van der Waals surface area contributed by atoms with Crippen LogP contribution >= 0.6 is 23.2 Å². The van der Waals surface area contributed by atoms with E-state index in [1.807, 2.05) is 6.92 Å². The van der Waals surface area contributed by atoms with Crippen molar-refractivity contribution in [1.29, 1.82) is 0 Å². The van der Waals surface area contributed by atoms with Gasteiger partial charge in [0, 0.05) is 13.1 Å². The molecule has 0 saturated carbocycles. The molecule has 0 radical (unpaired) electrons. The molecule has 39 heavy (non-hydrogen) atoms. The molecule has 0 aliphatic rings. The Labute approximate surface area is 238 Å². The maximum Gasteiger partial charge on any atom is 0.264 e. The third-order valence-corrected chi connectivity index (χ3v) is 8.58. The van der Waals surface area contributed by atoms with Crippen LogP contribution in [-0.2, 0) is 26.2 Å². The average Bonchev–Trinajstić information content (AvgIpc) is 2.91. The molecule has 1 N–H and O–H groups in total. The Morgan fingerprint density at radius 1 is 1.00 bits per heavy atom. The van der Waals surface area contributed by atoms with E-state index in [9.17, 15) is 22.4 Å². The predicted molar refractivity (Wildman–Crippen MR) is 152 cm³/mol. The van der Waals surface area contributed by atoms with Gasteiger partial charge in [-0.25, -0.2) is 12.8 Å². The normalized spacial score (nSPS) is 12.1. The number of hydrogen-bond donors (Lipinski definition) is 1. The molecule has 7 nitrogen and oxygen atoms in total. The second kappa shape index (κ2) is 13.3. The fraction of sp³-hybridized carbons (Fsp3) is 0.286. The summed E-state index contributed by atoms with van der Waals surface area (Å²) in [6.07, 6.45) is 0.690. The highest BCUT2D eigenvalue weighted by Crippen LogP contribution is 2.28. The highest BCUT2D eigenvalue weighted by atomic mass is 35.5. The molecule has 2 amide bonds. The zero-order chi connectivity index (χ0) is 28.7. The number of sulfonamides is 1. The number of anilines is 1. The van der Waals surface area contributed by atoms with Crippen LogP contribution in [0.2, 0.25) is 10.0 Å². The third-order valence-electron chi connectivity index (χ3n) is 6.06. The molecular weight excluding hydrogens is 564 g/mol. The first-order valence-electron chi connectivity index (χ1n) is 12.3. The zero-order valence-corrected chi connectivity index (χ0v) is 24.2. The maximum atomic E-state index is 14.9. The highest BCUT2D eigenvalue weighted by Gasteiger charge is 2.33. The third kappa shape index (κ3) is 7.50. The molecule has 0 spiro atoms. The van der Waals surface area contributed by atoms with Crippen molar-refractivity contribution in [3.8, 4) is 0 Å². The van der Waals surface area contributed by atoms with Gasteiger partial charge in [0.15, 0.2) is 0 Å². The Hall–Kier alpha value is -3.14. The van der Waals surface area contributed by atoms with Gasteiger partial charge in [-0.1, -0.05) is 66.0 Å². The largest absolute Gasteiger partial charge is 0.354 e. The molecule has 0 bridgehead atoms. The van der Waals surface area contributed by atoms with Crippen LogP contribution < -0.4 is 9.62 Å². The molecule has 0 aliphatic carbocycles. The van der Waals surface area contributed by atoms with Crippen LogP contribution in [0.5, 0.6) is 0 Å². The summed E-state index contributed by atoms with van der Waals surface area (Å²) in [7, 11) is -4.36. The summed E-state index contributed by atoms with van der Waals surface area (Å²) in [6.45, 7) is 4.84. The number of rotatable bonds is 11. The zero-order valence-electron chi connectivity index (χ0n) is 21.8. The van der Waals surface area contributed by atoms with Crippen LogP contribution in [0, 0.1) is 12.7 Å².